The summed E-state index contributed by atoms with van der Waals surface area (Å²) in [6.07, 6.45) is 0.983. The molecule has 0 saturated heterocycles. The summed E-state index contributed by atoms with van der Waals surface area (Å²) in [7, 11) is 0. The van der Waals surface area contributed by atoms with E-state index in [0.717, 1.165) is 15.6 Å². The van der Waals surface area contributed by atoms with Crippen molar-refractivity contribution in [2.45, 2.75) is 24.7 Å². The van der Waals surface area contributed by atoms with Gasteiger partial charge in [-0.15, -0.1) is 0 Å². The molecule has 2 atom stereocenters. The lowest BCUT2D eigenvalue weighted by Gasteiger charge is -2.34. The van der Waals surface area contributed by atoms with Gasteiger partial charge in [-0.1, -0.05) is 64.5 Å². The predicted octanol–water partition coefficient (Wildman–Crippen LogP) is 4.66. The third-order valence-electron chi connectivity index (χ3n) is 5.15. The van der Waals surface area contributed by atoms with Crippen molar-refractivity contribution in [1.82, 2.24) is 0 Å². The average molecular weight is 421 g/mol. The second-order valence-corrected chi connectivity index (χ2v) is 7.58. The summed E-state index contributed by atoms with van der Waals surface area (Å²) in [5.41, 5.74) is 8.87. The third kappa shape index (κ3) is 3.07. The quantitative estimate of drug-likeness (QED) is 0.766. The monoisotopic (exact) mass is 420 g/mol. The van der Waals surface area contributed by atoms with Crippen molar-refractivity contribution >= 4 is 21.7 Å². The Hall–Kier alpha value is -2.84. The topological polar surface area (TPSA) is 76.1 Å². The minimum atomic E-state index is -0.501. The van der Waals surface area contributed by atoms with E-state index in [1.54, 1.807) is 0 Å². The number of hydrogen-bond donors (Lipinski definition) is 1. The summed E-state index contributed by atoms with van der Waals surface area (Å²) in [4.78, 5) is 13.1. The molecule has 2 aliphatic rings. The highest BCUT2D eigenvalue weighted by atomic mass is 79.9. The molecule has 0 unspecified atom stereocenters. The minimum absolute atomic E-state index is 0.00565. The number of Topliss-reactive ketones (excluding diaryl/α,β-unsaturated/α-hetero) is 1. The van der Waals surface area contributed by atoms with Gasteiger partial charge in [-0.2, -0.15) is 5.26 Å². The standard InChI is InChI=1S/C22H17BrN2O2/c23-17-9-5-4-8-15(17)20-16(12-24)22(25)27-19-11-14(10-18(26)21(19)20)13-6-2-1-3-7-13/h1-9,14,20H,10-11,25H2/t14-,20+/m1/s1. The Labute approximate surface area is 166 Å². The third-order valence-corrected chi connectivity index (χ3v) is 5.87. The molecule has 2 N–H and O–H groups in total. The van der Waals surface area contributed by atoms with Crippen LogP contribution in [0.25, 0.3) is 0 Å². The first-order chi connectivity index (χ1) is 13.1. The maximum atomic E-state index is 13.1. The summed E-state index contributed by atoms with van der Waals surface area (Å²) >= 11 is 3.55. The van der Waals surface area contributed by atoms with Crippen molar-refractivity contribution in [2.75, 3.05) is 0 Å². The number of carbonyl (C=O) groups is 1. The molecule has 4 nitrogen and oxygen atoms in total. The first kappa shape index (κ1) is 17.6. The average Bonchev–Trinajstić information content (AvgIpc) is 2.68. The van der Waals surface area contributed by atoms with E-state index in [-0.39, 0.29) is 23.2 Å². The van der Waals surface area contributed by atoms with Crippen molar-refractivity contribution in [2.24, 2.45) is 5.73 Å². The van der Waals surface area contributed by atoms with Gasteiger partial charge in [-0.3, -0.25) is 4.79 Å². The Morgan fingerprint density at radius 1 is 1.07 bits per heavy atom. The number of nitriles is 1. The number of nitrogens with two attached hydrogens (primary N) is 1. The van der Waals surface area contributed by atoms with Gasteiger partial charge in [0.1, 0.15) is 17.4 Å². The van der Waals surface area contributed by atoms with Crippen molar-refractivity contribution in [3.63, 3.8) is 0 Å². The Bertz CT molecular complexity index is 1020. The molecule has 0 bridgehead atoms. The second kappa shape index (κ2) is 7.05. The number of allylic oxidation sites excluding steroid dienone is 3. The minimum Gasteiger partial charge on any atom is -0.444 e. The molecule has 1 aliphatic carbocycles. The smallest absolute Gasteiger partial charge is 0.205 e. The lowest BCUT2D eigenvalue weighted by atomic mass is 9.73. The molecule has 5 heteroatoms. The Morgan fingerprint density at radius 2 is 1.78 bits per heavy atom. The van der Waals surface area contributed by atoms with Gasteiger partial charge in [0.25, 0.3) is 0 Å². The van der Waals surface area contributed by atoms with Gasteiger partial charge in [0.05, 0.1) is 5.92 Å². The fourth-order valence-electron chi connectivity index (χ4n) is 3.89. The zero-order valence-electron chi connectivity index (χ0n) is 14.5. The second-order valence-electron chi connectivity index (χ2n) is 6.72. The van der Waals surface area contributed by atoms with Gasteiger partial charge in [0, 0.05) is 22.9 Å². The molecular weight excluding hydrogens is 404 g/mol. The van der Waals surface area contributed by atoms with Gasteiger partial charge < -0.3 is 10.5 Å². The van der Waals surface area contributed by atoms with Gasteiger partial charge in [-0.05, 0) is 23.1 Å². The first-order valence-corrected chi connectivity index (χ1v) is 9.52. The molecule has 0 saturated carbocycles. The summed E-state index contributed by atoms with van der Waals surface area (Å²) in [5, 5.41) is 9.67. The van der Waals surface area contributed by atoms with Gasteiger partial charge >= 0.3 is 0 Å². The van der Waals surface area contributed by atoms with Crippen LogP contribution in [0.4, 0.5) is 0 Å². The normalized spacial score (nSPS) is 22.1. The van der Waals surface area contributed by atoms with Crippen LogP contribution in [0.15, 0.2) is 81.9 Å². The zero-order chi connectivity index (χ0) is 19.0. The van der Waals surface area contributed by atoms with Gasteiger partial charge in [0.15, 0.2) is 5.78 Å². The number of ketones is 1. The molecule has 0 fully saturated rings. The van der Waals surface area contributed by atoms with Crippen LogP contribution in [0.2, 0.25) is 0 Å². The summed E-state index contributed by atoms with van der Waals surface area (Å²) in [6, 6.07) is 19.7. The molecule has 4 rings (SSSR count). The van der Waals surface area contributed by atoms with Crippen molar-refractivity contribution in [1.29, 1.82) is 5.26 Å². The molecule has 134 valence electrons. The lowest BCUT2D eigenvalue weighted by molar-refractivity contribution is -0.117. The fourth-order valence-corrected chi connectivity index (χ4v) is 4.40. The molecule has 27 heavy (non-hydrogen) atoms. The molecule has 0 amide bonds. The van der Waals surface area contributed by atoms with E-state index in [0.29, 0.717) is 24.2 Å². The van der Waals surface area contributed by atoms with Crippen LogP contribution in [0.3, 0.4) is 0 Å². The molecule has 2 aromatic carbocycles. The van der Waals surface area contributed by atoms with Crippen molar-refractivity contribution < 1.29 is 9.53 Å². The molecule has 1 heterocycles. The molecule has 0 aromatic heterocycles. The first-order valence-electron chi connectivity index (χ1n) is 8.73. The Balaban J connectivity index is 1.82. The van der Waals surface area contributed by atoms with Crippen LogP contribution in [0.5, 0.6) is 0 Å². The van der Waals surface area contributed by atoms with Crippen LogP contribution in [0.1, 0.15) is 35.8 Å². The highest BCUT2D eigenvalue weighted by Gasteiger charge is 2.41. The van der Waals surface area contributed by atoms with Gasteiger partial charge in [0.2, 0.25) is 5.88 Å². The Kier molecular flexibility index (Phi) is 4.59. The van der Waals surface area contributed by atoms with Crippen LogP contribution < -0.4 is 5.73 Å². The number of rotatable bonds is 2. The van der Waals surface area contributed by atoms with Crippen LogP contribution >= 0.6 is 15.9 Å². The number of benzene rings is 2. The predicted molar refractivity (Wildman–Crippen MR) is 105 cm³/mol. The number of carbonyl (C=O) groups excluding carboxylic acids is 1. The zero-order valence-corrected chi connectivity index (χ0v) is 16.1. The molecule has 2 aromatic rings. The largest absolute Gasteiger partial charge is 0.444 e. The lowest BCUT2D eigenvalue weighted by Crippen LogP contribution is -2.30. The van der Waals surface area contributed by atoms with Gasteiger partial charge in [-0.25, -0.2) is 0 Å². The maximum absolute atomic E-state index is 13.1. The van der Waals surface area contributed by atoms with E-state index in [1.165, 1.54) is 0 Å². The Morgan fingerprint density at radius 3 is 2.48 bits per heavy atom. The molecular formula is C22H17BrN2O2. The highest BCUT2D eigenvalue weighted by Crippen LogP contribution is 2.47. The molecule has 0 radical (unpaired) electrons. The van der Waals surface area contributed by atoms with Crippen LogP contribution in [0, 0.1) is 11.3 Å². The van der Waals surface area contributed by atoms with Crippen LogP contribution in [-0.2, 0) is 9.53 Å². The number of hydrogen-bond acceptors (Lipinski definition) is 4. The summed E-state index contributed by atoms with van der Waals surface area (Å²) in [6.45, 7) is 0. The van der Waals surface area contributed by atoms with Crippen molar-refractivity contribution in [3.05, 3.63) is 93.0 Å². The van der Waals surface area contributed by atoms with Crippen molar-refractivity contribution in [3.8, 4) is 6.07 Å². The summed E-state index contributed by atoms with van der Waals surface area (Å²) < 4.78 is 6.62. The molecule has 1 aliphatic heterocycles. The van der Waals surface area contributed by atoms with E-state index in [2.05, 4.69) is 22.0 Å². The molecule has 0 spiro atoms. The number of ether oxygens (including phenoxy) is 1. The van der Waals surface area contributed by atoms with E-state index >= 15 is 0 Å². The number of halogens is 1. The maximum Gasteiger partial charge on any atom is 0.205 e. The fraction of sp³-hybridized carbons (Fsp3) is 0.182. The SMILES string of the molecule is N#CC1=C(N)OC2=C(C(=O)C[C@@H](c3ccccc3)C2)[C@H]1c1ccccc1Br. The summed E-state index contributed by atoms with van der Waals surface area (Å²) in [5.74, 6) is 0.217. The van der Waals surface area contributed by atoms with E-state index in [9.17, 15) is 10.1 Å². The van der Waals surface area contributed by atoms with E-state index in [4.69, 9.17) is 10.5 Å². The van der Waals surface area contributed by atoms with E-state index < -0.39 is 5.92 Å². The number of nitrogens with zero attached hydrogens (tertiary/aromatic N) is 1. The van der Waals surface area contributed by atoms with E-state index in [1.807, 2.05) is 54.6 Å². The van der Waals surface area contributed by atoms with Crippen LogP contribution in [-0.4, -0.2) is 5.78 Å². The highest BCUT2D eigenvalue weighted by molar-refractivity contribution is 9.10.